The second kappa shape index (κ2) is 5.10. The summed E-state index contributed by atoms with van der Waals surface area (Å²) in [6.45, 7) is 0.734. The zero-order chi connectivity index (χ0) is 10.6. The van der Waals surface area contributed by atoms with Gasteiger partial charge in [0.05, 0.1) is 0 Å². The largest absolute Gasteiger partial charge is 0.359 e. The van der Waals surface area contributed by atoms with Crippen LogP contribution in [0.3, 0.4) is 0 Å². The molecule has 0 bridgehead atoms. The molecule has 0 heterocycles. The molecule has 1 rings (SSSR count). The lowest BCUT2D eigenvalue weighted by atomic mass is 10.2. The number of hydrogen-bond donors (Lipinski definition) is 1. The summed E-state index contributed by atoms with van der Waals surface area (Å²) in [4.78, 5) is 24.1. The number of nitrogens with zero attached hydrogens (tertiary/aromatic N) is 1. The summed E-state index contributed by atoms with van der Waals surface area (Å²) in [6, 6.07) is 0.354. The van der Waals surface area contributed by atoms with Crippen molar-refractivity contribution in [2.75, 3.05) is 20.6 Å². The third-order valence-electron chi connectivity index (χ3n) is 2.81. The van der Waals surface area contributed by atoms with Gasteiger partial charge in [-0.2, -0.15) is 0 Å². The van der Waals surface area contributed by atoms with E-state index in [0.717, 1.165) is 13.0 Å². The van der Waals surface area contributed by atoms with Crippen LogP contribution in [0.15, 0.2) is 0 Å². The Morgan fingerprint density at radius 1 is 1.64 bits per heavy atom. The Hall–Kier alpha value is -0.900. The minimum absolute atomic E-state index is 0.0566. The third-order valence-corrected chi connectivity index (χ3v) is 2.81. The van der Waals surface area contributed by atoms with E-state index in [1.54, 1.807) is 7.05 Å². The van der Waals surface area contributed by atoms with Crippen molar-refractivity contribution in [1.29, 1.82) is 0 Å². The Morgan fingerprint density at radius 2 is 2.36 bits per heavy atom. The molecule has 14 heavy (non-hydrogen) atoms. The van der Waals surface area contributed by atoms with Gasteiger partial charge < -0.3 is 10.2 Å². The van der Waals surface area contributed by atoms with Gasteiger partial charge in [-0.15, -0.1) is 0 Å². The Balaban J connectivity index is 2.24. The maximum absolute atomic E-state index is 11.0. The first kappa shape index (κ1) is 11.2. The summed E-state index contributed by atoms with van der Waals surface area (Å²) < 4.78 is 0. The molecule has 1 atom stereocenters. The van der Waals surface area contributed by atoms with Gasteiger partial charge in [-0.3, -0.25) is 9.59 Å². The van der Waals surface area contributed by atoms with Crippen LogP contribution in [0.1, 0.15) is 25.7 Å². The normalized spacial score (nSPS) is 21.6. The van der Waals surface area contributed by atoms with E-state index in [2.05, 4.69) is 10.2 Å². The first-order valence-electron chi connectivity index (χ1n) is 5.06. The van der Waals surface area contributed by atoms with Crippen LogP contribution in [-0.2, 0) is 9.59 Å². The van der Waals surface area contributed by atoms with E-state index in [-0.39, 0.29) is 5.91 Å². The van der Waals surface area contributed by atoms with Crippen molar-refractivity contribution in [1.82, 2.24) is 10.2 Å². The van der Waals surface area contributed by atoms with Gasteiger partial charge >= 0.3 is 0 Å². The van der Waals surface area contributed by atoms with Crippen LogP contribution in [0.25, 0.3) is 0 Å². The molecule has 1 saturated carbocycles. The monoisotopic (exact) mass is 198 g/mol. The van der Waals surface area contributed by atoms with Crippen LogP contribution in [0.4, 0.5) is 0 Å². The van der Waals surface area contributed by atoms with E-state index in [1.807, 2.05) is 7.05 Å². The number of carbonyl (C=O) groups excluding carboxylic acids is 2. The molecule has 0 aromatic carbocycles. The quantitative estimate of drug-likeness (QED) is 0.701. The molecule has 0 aromatic heterocycles. The van der Waals surface area contributed by atoms with Crippen LogP contribution in [-0.4, -0.2) is 43.3 Å². The lowest BCUT2D eigenvalue weighted by Gasteiger charge is -2.22. The van der Waals surface area contributed by atoms with E-state index >= 15 is 0 Å². The van der Waals surface area contributed by atoms with Crippen molar-refractivity contribution >= 4 is 11.7 Å². The topological polar surface area (TPSA) is 49.4 Å². The van der Waals surface area contributed by atoms with Gasteiger partial charge in [0.25, 0.3) is 0 Å². The highest BCUT2D eigenvalue weighted by Gasteiger charge is 2.25. The average Bonchev–Trinajstić information content (AvgIpc) is 2.60. The van der Waals surface area contributed by atoms with Gasteiger partial charge in [0.15, 0.2) is 0 Å². The molecule has 1 amide bonds. The summed E-state index contributed by atoms with van der Waals surface area (Å²) in [5.41, 5.74) is 0. The highest BCUT2D eigenvalue weighted by molar-refractivity contribution is 5.81. The van der Waals surface area contributed by atoms with E-state index < -0.39 is 0 Å². The molecule has 1 aliphatic rings. The number of Topliss-reactive ketones (excluding diaryl/α,β-unsaturated/α-hetero) is 1. The van der Waals surface area contributed by atoms with Crippen molar-refractivity contribution in [3.05, 3.63) is 0 Å². The second-order valence-corrected chi connectivity index (χ2v) is 3.84. The van der Waals surface area contributed by atoms with Gasteiger partial charge in [-0.1, -0.05) is 0 Å². The maximum Gasteiger partial charge on any atom is 0.221 e. The fourth-order valence-electron chi connectivity index (χ4n) is 1.76. The first-order chi connectivity index (χ1) is 6.63. The molecular weight excluding hydrogens is 180 g/mol. The Morgan fingerprint density at radius 3 is 2.86 bits per heavy atom. The number of ketones is 1. The molecule has 1 unspecified atom stereocenters. The summed E-state index contributed by atoms with van der Waals surface area (Å²) in [7, 11) is 3.62. The van der Waals surface area contributed by atoms with Gasteiger partial charge in [0.2, 0.25) is 5.91 Å². The van der Waals surface area contributed by atoms with Gasteiger partial charge in [-0.25, -0.2) is 0 Å². The minimum Gasteiger partial charge on any atom is -0.359 e. The van der Waals surface area contributed by atoms with E-state index in [1.165, 1.54) is 0 Å². The zero-order valence-electron chi connectivity index (χ0n) is 8.88. The number of carbonyl (C=O) groups is 2. The molecule has 1 fully saturated rings. The van der Waals surface area contributed by atoms with E-state index in [0.29, 0.717) is 31.1 Å². The highest BCUT2D eigenvalue weighted by Crippen LogP contribution is 2.19. The number of rotatable bonds is 4. The molecule has 0 aromatic rings. The molecular formula is C10H18N2O2. The standard InChI is InChI=1S/C10H18N2O2/c1-11-10(14)5-6-12(2)8-3-4-9(13)7-8/h8H,3-7H2,1-2H3,(H,11,14). The SMILES string of the molecule is CNC(=O)CCN(C)C1CCC(=O)C1. The average molecular weight is 198 g/mol. The lowest BCUT2D eigenvalue weighted by Crippen LogP contribution is -2.33. The molecule has 4 nitrogen and oxygen atoms in total. The number of hydrogen-bond acceptors (Lipinski definition) is 3. The Bertz CT molecular complexity index is 228. The van der Waals surface area contributed by atoms with Crippen molar-refractivity contribution in [2.24, 2.45) is 0 Å². The van der Waals surface area contributed by atoms with Crippen LogP contribution in [0.5, 0.6) is 0 Å². The zero-order valence-corrected chi connectivity index (χ0v) is 8.88. The predicted molar refractivity (Wildman–Crippen MR) is 54.0 cm³/mol. The van der Waals surface area contributed by atoms with E-state index in [9.17, 15) is 9.59 Å². The lowest BCUT2D eigenvalue weighted by molar-refractivity contribution is -0.120. The second-order valence-electron chi connectivity index (χ2n) is 3.84. The van der Waals surface area contributed by atoms with E-state index in [4.69, 9.17) is 0 Å². The molecule has 0 aliphatic heterocycles. The number of amides is 1. The molecule has 0 radical (unpaired) electrons. The molecule has 1 aliphatic carbocycles. The Labute approximate surface area is 84.7 Å². The van der Waals surface area contributed by atoms with Crippen molar-refractivity contribution in [3.8, 4) is 0 Å². The Kier molecular flexibility index (Phi) is 4.07. The summed E-state index contributed by atoms with van der Waals surface area (Å²) in [5.74, 6) is 0.406. The highest BCUT2D eigenvalue weighted by atomic mass is 16.1. The smallest absolute Gasteiger partial charge is 0.221 e. The van der Waals surface area contributed by atoms with Gasteiger partial charge in [0.1, 0.15) is 5.78 Å². The fourth-order valence-corrected chi connectivity index (χ4v) is 1.76. The molecule has 0 saturated heterocycles. The van der Waals surface area contributed by atoms with Crippen molar-refractivity contribution in [3.63, 3.8) is 0 Å². The predicted octanol–water partition coefficient (Wildman–Crippen LogP) is 0.176. The molecule has 80 valence electrons. The minimum atomic E-state index is 0.0566. The number of nitrogens with one attached hydrogen (secondary N) is 1. The molecule has 4 heteroatoms. The van der Waals surface area contributed by atoms with Crippen molar-refractivity contribution in [2.45, 2.75) is 31.7 Å². The molecule has 1 N–H and O–H groups in total. The van der Waals surface area contributed by atoms with Gasteiger partial charge in [0, 0.05) is 38.9 Å². The summed E-state index contributed by atoms with van der Waals surface area (Å²) in [5, 5.41) is 2.59. The van der Waals surface area contributed by atoms with Crippen LogP contribution in [0, 0.1) is 0 Å². The third kappa shape index (κ3) is 3.10. The van der Waals surface area contributed by atoms with Crippen LogP contribution >= 0.6 is 0 Å². The maximum atomic E-state index is 11.0. The fraction of sp³-hybridized carbons (Fsp3) is 0.800. The van der Waals surface area contributed by atoms with Crippen molar-refractivity contribution < 1.29 is 9.59 Å². The van der Waals surface area contributed by atoms with Gasteiger partial charge in [-0.05, 0) is 13.5 Å². The summed E-state index contributed by atoms with van der Waals surface area (Å²) in [6.07, 6.45) is 2.82. The first-order valence-corrected chi connectivity index (χ1v) is 5.06. The summed E-state index contributed by atoms with van der Waals surface area (Å²) >= 11 is 0. The van der Waals surface area contributed by atoms with Crippen LogP contribution in [0.2, 0.25) is 0 Å². The van der Waals surface area contributed by atoms with Crippen LogP contribution < -0.4 is 5.32 Å². The molecule has 0 spiro atoms.